The van der Waals surface area contributed by atoms with Crippen molar-refractivity contribution in [2.75, 3.05) is 11.1 Å². The summed E-state index contributed by atoms with van der Waals surface area (Å²) in [5, 5.41) is 6.74. The lowest BCUT2D eigenvalue weighted by atomic mass is 10.3. The van der Waals surface area contributed by atoms with Crippen LogP contribution in [0.3, 0.4) is 0 Å². The monoisotopic (exact) mass is 282 g/mol. The maximum absolute atomic E-state index is 13.1. The van der Waals surface area contributed by atoms with Crippen LogP contribution in [0.1, 0.15) is 17.4 Å². The zero-order valence-corrected chi connectivity index (χ0v) is 10.9. The molecule has 0 aliphatic carbocycles. The average Bonchev–Trinajstić information content (AvgIpc) is 2.75. The molecule has 2 rings (SSSR count). The van der Waals surface area contributed by atoms with Crippen molar-refractivity contribution in [2.24, 2.45) is 0 Å². The van der Waals surface area contributed by atoms with E-state index in [2.05, 4.69) is 10.4 Å². The Morgan fingerprint density at radius 1 is 1.58 bits per heavy atom. The minimum atomic E-state index is -0.530. The predicted octanol–water partition coefficient (Wildman–Crippen LogP) is 2.53. The second kappa shape index (κ2) is 5.27. The van der Waals surface area contributed by atoms with Crippen molar-refractivity contribution in [3.05, 3.63) is 40.9 Å². The topological polar surface area (TPSA) is 72.9 Å². The smallest absolute Gasteiger partial charge is 0.278 e. The van der Waals surface area contributed by atoms with Gasteiger partial charge in [-0.15, -0.1) is 0 Å². The highest BCUT2D eigenvalue weighted by Crippen LogP contribution is 2.23. The van der Waals surface area contributed by atoms with Crippen molar-refractivity contribution in [1.29, 1.82) is 0 Å². The Labute approximate surface area is 114 Å². The van der Waals surface area contributed by atoms with E-state index in [-0.39, 0.29) is 22.1 Å². The van der Waals surface area contributed by atoms with E-state index >= 15 is 0 Å². The molecular formula is C12H12ClFN4O. The zero-order valence-electron chi connectivity index (χ0n) is 10.2. The lowest BCUT2D eigenvalue weighted by Crippen LogP contribution is -2.15. The van der Waals surface area contributed by atoms with Crippen molar-refractivity contribution in [3.8, 4) is 0 Å². The number of halogens is 2. The molecule has 5 nitrogen and oxygen atoms in total. The van der Waals surface area contributed by atoms with E-state index in [9.17, 15) is 9.18 Å². The fourth-order valence-corrected chi connectivity index (χ4v) is 1.71. The Balaban J connectivity index is 2.25. The largest absolute Gasteiger partial charge is 0.396 e. The number of nitrogens with zero attached hydrogens (tertiary/aromatic N) is 2. The Kier molecular flexibility index (Phi) is 3.71. The molecule has 0 aliphatic rings. The molecule has 0 saturated heterocycles. The average molecular weight is 283 g/mol. The molecule has 0 saturated carbocycles. The molecule has 0 radical (unpaired) electrons. The quantitative estimate of drug-likeness (QED) is 0.908. The SMILES string of the molecule is CCn1cc(N)c(C(=O)Nc2cc(F)ccc2Cl)n1. The number of hydrogen-bond donors (Lipinski definition) is 2. The van der Waals surface area contributed by atoms with E-state index in [0.29, 0.717) is 6.54 Å². The molecule has 2 aromatic rings. The van der Waals surface area contributed by atoms with Gasteiger partial charge in [-0.1, -0.05) is 11.6 Å². The third-order valence-corrected chi connectivity index (χ3v) is 2.84. The van der Waals surface area contributed by atoms with E-state index in [1.54, 1.807) is 6.20 Å². The van der Waals surface area contributed by atoms with Crippen LogP contribution in [0.2, 0.25) is 5.02 Å². The summed E-state index contributed by atoms with van der Waals surface area (Å²) in [4.78, 5) is 12.0. The Hall–Kier alpha value is -2.08. The van der Waals surface area contributed by atoms with Gasteiger partial charge in [-0.3, -0.25) is 9.48 Å². The van der Waals surface area contributed by atoms with Crippen LogP contribution in [0.25, 0.3) is 0 Å². The molecule has 19 heavy (non-hydrogen) atoms. The van der Waals surface area contributed by atoms with Crippen molar-refractivity contribution in [3.63, 3.8) is 0 Å². The van der Waals surface area contributed by atoms with E-state index in [1.165, 1.54) is 16.8 Å². The van der Waals surface area contributed by atoms with Crippen molar-refractivity contribution >= 4 is 28.9 Å². The zero-order chi connectivity index (χ0) is 14.0. The van der Waals surface area contributed by atoms with E-state index in [1.807, 2.05) is 6.92 Å². The molecule has 1 amide bonds. The maximum Gasteiger partial charge on any atom is 0.278 e. The molecule has 0 bridgehead atoms. The van der Waals surface area contributed by atoms with Crippen LogP contribution in [-0.4, -0.2) is 15.7 Å². The minimum absolute atomic E-state index is 0.0853. The van der Waals surface area contributed by atoms with E-state index < -0.39 is 11.7 Å². The molecule has 0 unspecified atom stereocenters. The first-order chi connectivity index (χ1) is 9.01. The van der Waals surface area contributed by atoms with Crippen molar-refractivity contribution in [2.45, 2.75) is 13.5 Å². The Morgan fingerprint density at radius 3 is 2.95 bits per heavy atom. The number of hydrogen-bond acceptors (Lipinski definition) is 3. The van der Waals surface area contributed by atoms with Gasteiger partial charge < -0.3 is 11.1 Å². The van der Waals surface area contributed by atoms with Crippen molar-refractivity contribution < 1.29 is 9.18 Å². The molecule has 0 aliphatic heterocycles. The van der Waals surface area contributed by atoms with Gasteiger partial charge in [-0.05, 0) is 25.1 Å². The molecule has 7 heteroatoms. The third kappa shape index (κ3) is 2.85. The van der Waals surface area contributed by atoms with Crippen LogP contribution < -0.4 is 11.1 Å². The highest BCUT2D eigenvalue weighted by Gasteiger charge is 2.16. The first-order valence-corrected chi connectivity index (χ1v) is 5.98. The van der Waals surface area contributed by atoms with Crippen LogP contribution >= 0.6 is 11.6 Å². The lowest BCUT2D eigenvalue weighted by molar-refractivity contribution is 0.102. The van der Waals surface area contributed by atoms with Gasteiger partial charge in [0.25, 0.3) is 5.91 Å². The Bertz CT molecular complexity index is 626. The minimum Gasteiger partial charge on any atom is -0.396 e. The highest BCUT2D eigenvalue weighted by molar-refractivity contribution is 6.33. The highest BCUT2D eigenvalue weighted by atomic mass is 35.5. The van der Waals surface area contributed by atoms with Crippen molar-refractivity contribution in [1.82, 2.24) is 9.78 Å². The van der Waals surface area contributed by atoms with Crippen LogP contribution in [0.4, 0.5) is 15.8 Å². The molecule has 1 heterocycles. The number of aromatic nitrogens is 2. The van der Waals surface area contributed by atoms with E-state index in [4.69, 9.17) is 17.3 Å². The van der Waals surface area contributed by atoms with Gasteiger partial charge in [0.2, 0.25) is 0 Å². The molecule has 0 fully saturated rings. The number of amides is 1. The number of rotatable bonds is 3. The number of nitrogen functional groups attached to an aromatic ring is 1. The van der Waals surface area contributed by atoms with Crippen LogP contribution in [-0.2, 0) is 6.54 Å². The second-order valence-corrected chi connectivity index (χ2v) is 4.27. The van der Waals surface area contributed by atoms with Gasteiger partial charge in [0.1, 0.15) is 5.82 Å². The third-order valence-electron chi connectivity index (χ3n) is 2.51. The summed E-state index contributed by atoms with van der Waals surface area (Å²) >= 11 is 5.86. The Morgan fingerprint density at radius 2 is 2.32 bits per heavy atom. The van der Waals surface area contributed by atoms with Gasteiger partial charge in [-0.2, -0.15) is 5.10 Å². The van der Waals surface area contributed by atoms with Gasteiger partial charge in [0.15, 0.2) is 5.69 Å². The van der Waals surface area contributed by atoms with Crippen LogP contribution in [0.5, 0.6) is 0 Å². The summed E-state index contributed by atoms with van der Waals surface area (Å²) in [7, 11) is 0. The summed E-state index contributed by atoms with van der Waals surface area (Å²) in [6.45, 7) is 2.47. The summed E-state index contributed by atoms with van der Waals surface area (Å²) in [5.74, 6) is -1.02. The summed E-state index contributed by atoms with van der Waals surface area (Å²) in [5.41, 5.74) is 6.21. The summed E-state index contributed by atoms with van der Waals surface area (Å²) < 4.78 is 14.6. The number of carbonyl (C=O) groups excluding carboxylic acids is 1. The van der Waals surface area contributed by atoms with Gasteiger partial charge >= 0.3 is 0 Å². The summed E-state index contributed by atoms with van der Waals surface area (Å²) in [6.07, 6.45) is 1.56. The number of aryl methyl sites for hydroxylation is 1. The predicted molar refractivity (Wildman–Crippen MR) is 71.7 cm³/mol. The number of anilines is 2. The standard InChI is InChI=1S/C12H12ClFN4O/c1-2-18-6-9(15)11(17-18)12(19)16-10-5-7(14)3-4-8(10)13/h3-6H,2,15H2,1H3,(H,16,19). The van der Waals surface area contributed by atoms with E-state index in [0.717, 1.165) is 6.07 Å². The normalized spacial score (nSPS) is 10.5. The number of nitrogens with one attached hydrogen (secondary N) is 1. The molecule has 3 N–H and O–H groups in total. The number of carbonyl (C=O) groups is 1. The molecular weight excluding hydrogens is 271 g/mol. The van der Waals surface area contributed by atoms with Crippen LogP contribution in [0.15, 0.2) is 24.4 Å². The molecule has 1 aromatic carbocycles. The number of benzene rings is 1. The lowest BCUT2D eigenvalue weighted by Gasteiger charge is -2.06. The van der Waals surface area contributed by atoms with Gasteiger partial charge in [0.05, 0.1) is 16.4 Å². The molecule has 0 atom stereocenters. The van der Waals surface area contributed by atoms with Gasteiger partial charge in [-0.25, -0.2) is 4.39 Å². The second-order valence-electron chi connectivity index (χ2n) is 3.87. The fraction of sp³-hybridized carbons (Fsp3) is 0.167. The maximum atomic E-state index is 13.1. The molecule has 100 valence electrons. The first kappa shape index (κ1) is 13.4. The van der Waals surface area contributed by atoms with Gasteiger partial charge in [0, 0.05) is 12.7 Å². The first-order valence-electron chi connectivity index (χ1n) is 5.60. The molecule has 1 aromatic heterocycles. The molecule has 0 spiro atoms. The number of nitrogens with two attached hydrogens (primary N) is 1. The van der Waals surface area contributed by atoms with Crippen LogP contribution in [0, 0.1) is 5.82 Å². The summed E-state index contributed by atoms with van der Waals surface area (Å²) in [6, 6.07) is 3.70. The fourth-order valence-electron chi connectivity index (χ4n) is 1.55.